The highest BCUT2D eigenvalue weighted by molar-refractivity contribution is 5.92. The minimum absolute atomic E-state index is 0.0336. The van der Waals surface area contributed by atoms with Gasteiger partial charge in [0.2, 0.25) is 11.8 Å². The smallest absolute Gasteiger partial charge is 0.247 e. The van der Waals surface area contributed by atoms with E-state index in [-0.39, 0.29) is 11.8 Å². The summed E-state index contributed by atoms with van der Waals surface area (Å²) >= 11 is 0. The number of hydrogen-bond donors (Lipinski definition) is 1. The molecule has 1 heterocycles. The van der Waals surface area contributed by atoms with Crippen molar-refractivity contribution in [1.82, 2.24) is 10.2 Å². The Hall–Kier alpha value is -2.10. The van der Waals surface area contributed by atoms with Crippen molar-refractivity contribution in [3.63, 3.8) is 0 Å². The third kappa shape index (κ3) is 3.53. The van der Waals surface area contributed by atoms with Gasteiger partial charge >= 0.3 is 0 Å². The zero-order valence-corrected chi connectivity index (χ0v) is 14.4. The van der Waals surface area contributed by atoms with E-state index in [4.69, 9.17) is 0 Å². The van der Waals surface area contributed by atoms with E-state index in [0.29, 0.717) is 19.5 Å². The first-order chi connectivity index (χ1) is 11.7. The van der Waals surface area contributed by atoms with Gasteiger partial charge in [0, 0.05) is 13.1 Å². The molecule has 0 bridgehead atoms. The maximum absolute atomic E-state index is 12.8. The highest BCUT2D eigenvalue weighted by atomic mass is 16.2. The summed E-state index contributed by atoms with van der Waals surface area (Å²) in [5.74, 6) is -0.0277. The Morgan fingerprint density at radius 3 is 2.88 bits per heavy atom. The quantitative estimate of drug-likeness (QED) is 0.845. The molecule has 1 unspecified atom stereocenters. The fourth-order valence-electron chi connectivity index (χ4n) is 3.75. The molecule has 0 fully saturated rings. The van der Waals surface area contributed by atoms with Gasteiger partial charge in [-0.3, -0.25) is 9.59 Å². The Labute approximate surface area is 143 Å². The van der Waals surface area contributed by atoms with Crippen molar-refractivity contribution in [3.8, 4) is 0 Å². The highest BCUT2D eigenvalue weighted by Gasteiger charge is 2.35. The molecule has 3 rings (SSSR count). The van der Waals surface area contributed by atoms with E-state index < -0.39 is 6.04 Å². The van der Waals surface area contributed by atoms with Crippen LogP contribution in [0.25, 0.3) is 0 Å². The van der Waals surface area contributed by atoms with E-state index in [9.17, 15) is 9.59 Å². The predicted molar refractivity (Wildman–Crippen MR) is 94.5 cm³/mol. The summed E-state index contributed by atoms with van der Waals surface area (Å²) in [6.07, 6.45) is 8.48. The van der Waals surface area contributed by atoms with Crippen LogP contribution in [0.3, 0.4) is 0 Å². The van der Waals surface area contributed by atoms with E-state index in [0.717, 1.165) is 30.4 Å². The van der Waals surface area contributed by atoms with Crippen LogP contribution < -0.4 is 5.32 Å². The molecule has 0 aromatic heterocycles. The van der Waals surface area contributed by atoms with Crippen LogP contribution in [0.1, 0.15) is 56.2 Å². The predicted octanol–water partition coefficient (Wildman–Crippen LogP) is 3.14. The molecule has 2 amide bonds. The monoisotopic (exact) mass is 326 g/mol. The summed E-state index contributed by atoms with van der Waals surface area (Å²) in [6.45, 7) is 3.13. The summed E-state index contributed by atoms with van der Waals surface area (Å²) in [4.78, 5) is 26.8. The number of likely N-dealkylation sites (N-methyl/N-ethyl adjacent to an activating group) is 1. The Morgan fingerprint density at radius 2 is 2.12 bits per heavy atom. The van der Waals surface area contributed by atoms with Crippen LogP contribution in [-0.4, -0.2) is 29.8 Å². The second kappa shape index (κ2) is 7.65. The number of rotatable bonds is 5. The van der Waals surface area contributed by atoms with Gasteiger partial charge in [-0.25, -0.2) is 0 Å². The number of carbonyl (C=O) groups excluding carboxylic acids is 2. The van der Waals surface area contributed by atoms with Crippen molar-refractivity contribution in [2.24, 2.45) is 0 Å². The molecule has 0 spiro atoms. The van der Waals surface area contributed by atoms with Gasteiger partial charge in [0.1, 0.15) is 6.04 Å². The lowest BCUT2D eigenvalue weighted by molar-refractivity contribution is -0.141. The van der Waals surface area contributed by atoms with Gasteiger partial charge in [-0.05, 0) is 50.2 Å². The second-order valence-corrected chi connectivity index (χ2v) is 6.61. The molecule has 0 radical (unpaired) electrons. The van der Waals surface area contributed by atoms with Gasteiger partial charge < -0.3 is 10.2 Å². The van der Waals surface area contributed by atoms with Gasteiger partial charge in [-0.2, -0.15) is 0 Å². The molecule has 1 aliphatic heterocycles. The average molecular weight is 326 g/mol. The number of nitrogens with one attached hydrogen (secondary N) is 1. The van der Waals surface area contributed by atoms with Crippen molar-refractivity contribution in [3.05, 3.63) is 47.0 Å². The van der Waals surface area contributed by atoms with Gasteiger partial charge in [0.05, 0.1) is 6.42 Å². The zero-order chi connectivity index (χ0) is 16.9. The minimum Gasteiger partial charge on any atom is -0.354 e. The third-order valence-corrected chi connectivity index (χ3v) is 5.04. The van der Waals surface area contributed by atoms with Crippen LogP contribution >= 0.6 is 0 Å². The molecule has 1 N–H and O–H groups in total. The lowest BCUT2D eigenvalue weighted by atomic mass is 9.91. The Kier molecular flexibility index (Phi) is 5.34. The summed E-state index contributed by atoms with van der Waals surface area (Å²) in [5.41, 5.74) is 3.39. The molecule has 0 saturated carbocycles. The SMILES string of the molecule is CCN1C(=O)Cc2ccccc2C1C(=O)NCCC1=CCCCC1. The Bertz CT molecular complexity index is 651. The van der Waals surface area contributed by atoms with E-state index >= 15 is 0 Å². The van der Waals surface area contributed by atoms with E-state index in [1.54, 1.807) is 4.90 Å². The Morgan fingerprint density at radius 1 is 1.29 bits per heavy atom. The zero-order valence-electron chi connectivity index (χ0n) is 14.4. The number of amides is 2. The molecule has 4 nitrogen and oxygen atoms in total. The lowest BCUT2D eigenvalue weighted by Crippen LogP contribution is -2.47. The normalized spacial score (nSPS) is 20.4. The van der Waals surface area contributed by atoms with Crippen molar-refractivity contribution in [2.45, 2.75) is 51.5 Å². The highest BCUT2D eigenvalue weighted by Crippen LogP contribution is 2.30. The molecule has 1 aromatic carbocycles. The molecular formula is C20H26N2O2. The van der Waals surface area contributed by atoms with Crippen LogP contribution in [0.4, 0.5) is 0 Å². The summed E-state index contributed by atoms with van der Waals surface area (Å²) in [6, 6.07) is 7.30. The van der Waals surface area contributed by atoms with E-state index in [2.05, 4.69) is 11.4 Å². The fraction of sp³-hybridized carbons (Fsp3) is 0.500. The van der Waals surface area contributed by atoms with Gasteiger partial charge in [0.15, 0.2) is 0 Å². The number of nitrogens with zero attached hydrogens (tertiary/aromatic N) is 1. The average Bonchev–Trinajstić information content (AvgIpc) is 2.61. The Balaban J connectivity index is 1.69. The van der Waals surface area contributed by atoms with Crippen LogP contribution in [0.15, 0.2) is 35.9 Å². The third-order valence-electron chi connectivity index (χ3n) is 5.04. The molecule has 128 valence electrons. The topological polar surface area (TPSA) is 49.4 Å². The van der Waals surface area contributed by atoms with Crippen molar-refractivity contribution in [2.75, 3.05) is 13.1 Å². The number of carbonyl (C=O) groups is 2. The van der Waals surface area contributed by atoms with Crippen molar-refractivity contribution < 1.29 is 9.59 Å². The van der Waals surface area contributed by atoms with Crippen molar-refractivity contribution >= 4 is 11.8 Å². The summed E-state index contributed by atoms with van der Waals surface area (Å²) in [5, 5.41) is 3.05. The molecule has 24 heavy (non-hydrogen) atoms. The molecule has 1 aliphatic carbocycles. The van der Waals surface area contributed by atoms with Crippen LogP contribution in [-0.2, 0) is 16.0 Å². The van der Waals surface area contributed by atoms with Gasteiger partial charge in [-0.15, -0.1) is 0 Å². The van der Waals surface area contributed by atoms with Gasteiger partial charge in [-0.1, -0.05) is 35.9 Å². The van der Waals surface area contributed by atoms with Gasteiger partial charge in [0.25, 0.3) is 0 Å². The lowest BCUT2D eigenvalue weighted by Gasteiger charge is -2.35. The fourth-order valence-corrected chi connectivity index (χ4v) is 3.75. The first-order valence-electron chi connectivity index (χ1n) is 9.03. The molecule has 2 aliphatic rings. The summed E-state index contributed by atoms with van der Waals surface area (Å²) < 4.78 is 0. The molecule has 4 heteroatoms. The van der Waals surface area contributed by atoms with Crippen LogP contribution in [0, 0.1) is 0 Å². The standard InChI is InChI=1S/C20H26N2O2/c1-2-22-18(23)14-16-10-6-7-11-17(16)19(22)20(24)21-13-12-15-8-4-3-5-9-15/h6-8,10-11,19H,2-5,9,12-14H2,1H3,(H,21,24). The number of fused-ring (bicyclic) bond motifs is 1. The molecule has 1 atom stereocenters. The maximum atomic E-state index is 12.8. The minimum atomic E-state index is -0.493. The molecule has 0 saturated heterocycles. The van der Waals surface area contributed by atoms with E-state index in [1.807, 2.05) is 31.2 Å². The first-order valence-corrected chi connectivity index (χ1v) is 9.03. The summed E-state index contributed by atoms with van der Waals surface area (Å²) in [7, 11) is 0. The number of allylic oxidation sites excluding steroid dienone is 1. The largest absolute Gasteiger partial charge is 0.354 e. The first kappa shape index (κ1) is 16.7. The maximum Gasteiger partial charge on any atom is 0.247 e. The molecule has 1 aromatic rings. The second-order valence-electron chi connectivity index (χ2n) is 6.61. The van der Waals surface area contributed by atoms with Crippen LogP contribution in [0.5, 0.6) is 0 Å². The van der Waals surface area contributed by atoms with Crippen molar-refractivity contribution in [1.29, 1.82) is 0 Å². The van der Waals surface area contributed by atoms with Crippen LogP contribution in [0.2, 0.25) is 0 Å². The number of hydrogen-bond acceptors (Lipinski definition) is 2. The number of benzene rings is 1. The van der Waals surface area contributed by atoms with E-state index in [1.165, 1.54) is 18.4 Å². The molecular weight excluding hydrogens is 300 g/mol.